The normalized spacial score (nSPS) is 9.50. The molecular weight excluding hydrogens is 165 g/mol. The Labute approximate surface area is 67.2 Å². The molecule has 0 heterocycles. The molecule has 0 radical (unpaired) electrons. The maximum atomic E-state index is 12.6. The first-order chi connectivity index (χ1) is 5.66. The first-order valence-corrected chi connectivity index (χ1v) is 3.08. The van der Waals surface area contributed by atoms with Gasteiger partial charge in [-0.3, -0.25) is 10.0 Å². The van der Waals surface area contributed by atoms with Crippen LogP contribution in [0.3, 0.4) is 0 Å². The van der Waals surface area contributed by atoms with Crippen LogP contribution in [0.1, 0.15) is 10.4 Å². The Kier molecular flexibility index (Phi) is 2.25. The van der Waals surface area contributed by atoms with Crippen molar-refractivity contribution in [3.63, 3.8) is 0 Å². The van der Waals surface area contributed by atoms with Crippen LogP contribution < -0.4 is 5.48 Å². The van der Waals surface area contributed by atoms with Gasteiger partial charge in [-0.05, 0) is 12.1 Å². The number of aromatic hydroxyl groups is 1. The first kappa shape index (κ1) is 8.48. The molecule has 0 atom stereocenters. The van der Waals surface area contributed by atoms with Gasteiger partial charge in [0.15, 0.2) is 11.6 Å². The van der Waals surface area contributed by atoms with Gasteiger partial charge in [-0.25, -0.2) is 9.87 Å². The van der Waals surface area contributed by atoms with Crippen LogP contribution in [-0.2, 0) is 0 Å². The van der Waals surface area contributed by atoms with Crippen LogP contribution in [-0.4, -0.2) is 16.2 Å². The van der Waals surface area contributed by atoms with E-state index in [0.717, 1.165) is 6.07 Å². The second-order valence-electron chi connectivity index (χ2n) is 2.08. The Hall–Kier alpha value is -1.62. The summed E-state index contributed by atoms with van der Waals surface area (Å²) in [6, 6.07) is 3.44. The van der Waals surface area contributed by atoms with Crippen molar-refractivity contribution in [2.75, 3.05) is 0 Å². The van der Waals surface area contributed by atoms with Crippen LogP contribution in [0.15, 0.2) is 18.2 Å². The molecule has 1 rings (SSSR count). The van der Waals surface area contributed by atoms with Crippen molar-refractivity contribution in [1.29, 1.82) is 0 Å². The maximum Gasteiger partial charge on any atom is 0.278 e. The van der Waals surface area contributed by atoms with Gasteiger partial charge in [0.1, 0.15) is 0 Å². The van der Waals surface area contributed by atoms with E-state index >= 15 is 0 Å². The molecule has 0 fully saturated rings. The fraction of sp³-hybridized carbons (Fsp3) is 0. The second-order valence-corrected chi connectivity index (χ2v) is 2.08. The number of carbonyl (C=O) groups excluding carboxylic acids is 1. The van der Waals surface area contributed by atoms with Gasteiger partial charge in [-0.15, -0.1) is 0 Å². The molecular formula is C7H6FNO3. The quantitative estimate of drug-likeness (QED) is 0.429. The number of hydrogen-bond donors (Lipinski definition) is 3. The van der Waals surface area contributed by atoms with E-state index < -0.39 is 17.5 Å². The van der Waals surface area contributed by atoms with Crippen LogP contribution in [0.5, 0.6) is 5.75 Å². The molecule has 0 spiro atoms. The third-order valence-corrected chi connectivity index (χ3v) is 1.33. The van der Waals surface area contributed by atoms with Gasteiger partial charge >= 0.3 is 0 Å². The molecule has 0 saturated carbocycles. The van der Waals surface area contributed by atoms with E-state index in [-0.39, 0.29) is 5.56 Å². The van der Waals surface area contributed by atoms with Crippen molar-refractivity contribution in [3.05, 3.63) is 29.6 Å². The lowest BCUT2D eigenvalue weighted by atomic mass is 10.2. The number of rotatable bonds is 1. The van der Waals surface area contributed by atoms with Gasteiger partial charge in [-0.1, -0.05) is 6.07 Å². The molecule has 1 amide bonds. The summed E-state index contributed by atoms with van der Waals surface area (Å²) in [6.45, 7) is 0. The molecule has 0 aliphatic heterocycles. The summed E-state index contributed by atoms with van der Waals surface area (Å²) >= 11 is 0. The number of hydroxylamine groups is 1. The monoisotopic (exact) mass is 171 g/mol. The number of phenolic OH excluding ortho intramolecular Hbond substituents is 1. The summed E-state index contributed by atoms with van der Waals surface area (Å²) in [6.07, 6.45) is 0. The summed E-state index contributed by atoms with van der Waals surface area (Å²) in [7, 11) is 0. The predicted octanol–water partition coefficient (Wildman–Crippen LogP) is 0.650. The van der Waals surface area contributed by atoms with E-state index in [1.54, 1.807) is 0 Å². The molecule has 0 aliphatic carbocycles. The number of phenols is 1. The second kappa shape index (κ2) is 3.19. The Morgan fingerprint density at radius 2 is 2.17 bits per heavy atom. The minimum atomic E-state index is -0.952. The van der Waals surface area contributed by atoms with Crippen LogP contribution in [0.4, 0.5) is 4.39 Å². The lowest BCUT2D eigenvalue weighted by molar-refractivity contribution is 0.0702. The van der Waals surface area contributed by atoms with Crippen molar-refractivity contribution >= 4 is 5.91 Å². The molecule has 0 bridgehead atoms. The Balaban J connectivity index is 3.16. The number of carbonyl (C=O) groups is 1. The third-order valence-electron chi connectivity index (χ3n) is 1.33. The zero-order valence-corrected chi connectivity index (χ0v) is 5.91. The first-order valence-electron chi connectivity index (χ1n) is 3.08. The van der Waals surface area contributed by atoms with Crippen LogP contribution in [0, 0.1) is 5.82 Å². The molecule has 0 aromatic heterocycles. The van der Waals surface area contributed by atoms with Crippen LogP contribution >= 0.6 is 0 Å². The van der Waals surface area contributed by atoms with Gasteiger partial charge in [0.25, 0.3) is 5.91 Å². The largest absolute Gasteiger partial charge is 0.504 e. The summed E-state index contributed by atoms with van der Waals surface area (Å²) < 4.78 is 12.6. The van der Waals surface area contributed by atoms with E-state index in [0.29, 0.717) is 0 Å². The molecule has 3 N–H and O–H groups in total. The van der Waals surface area contributed by atoms with E-state index in [9.17, 15) is 9.18 Å². The lowest BCUT2D eigenvalue weighted by Crippen LogP contribution is -2.18. The van der Waals surface area contributed by atoms with E-state index in [4.69, 9.17) is 10.3 Å². The fourth-order valence-corrected chi connectivity index (χ4v) is 0.759. The highest BCUT2D eigenvalue weighted by Gasteiger charge is 2.12. The number of halogens is 1. The highest BCUT2D eigenvalue weighted by Crippen LogP contribution is 2.19. The Bertz CT molecular complexity index is 314. The molecule has 0 aliphatic rings. The average molecular weight is 171 g/mol. The molecule has 1 aromatic rings. The molecule has 1 aromatic carbocycles. The van der Waals surface area contributed by atoms with Crippen molar-refractivity contribution in [3.8, 4) is 5.75 Å². The average Bonchev–Trinajstić information content (AvgIpc) is 2.08. The van der Waals surface area contributed by atoms with Crippen molar-refractivity contribution < 1.29 is 19.5 Å². The summed E-state index contributed by atoms with van der Waals surface area (Å²) in [5.41, 5.74) is 0.976. The number of hydrogen-bond acceptors (Lipinski definition) is 3. The summed E-state index contributed by atoms with van der Waals surface area (Å²) in [5.74, 6) is -2.63. The van der Waals surface area contributed by atoms with E-state index in [1.807, 2.05) is 0 Å². The molecule has 0 saturated heterocycles. The smallest absolute Gasteiger partial charge is 0.278 e. The zero-order chi connectivity index (χ0) is 9.14. The number of amides is 1. The minimum absolute atomic E-state index is 0.308. The fourth-order valence-electron chi connectivity index (χ4n) is 0.759. The molecule has 64 valence electrons. The van der Waals surface area contributed by atoms with E-state index in [1.165, 1.54) is 17.6 Å². The Morgan fingerprint density at radius 3 is 2.75 bits per heavy atom. The molecule has 12 heavy (non-hydrogen) atoms. The standard InChI is InChI=1S/C7H6FNO3/c8-5-3-1-2-4(6(5)10)7(11)9-12/h1-3,10,12H,(H,9,11). The van der Waals surface area contributed by atoms with Crippen LogP contribution in [0.25, 0.3) is 0 Å². The lowest BCUT2D eigenvalue weighted by Gasteiger charge is -2.01. The molecule has 4 nitrogen and oxygen atoms in total. The molecule has 5 heteroatoms. The van der Waals surface area contributed by atoms with Crippen LogP contribution in [0.2, 0.25) is 0 Å². The highest BCUT2D eigenvalue weighted by molar-refractivity contribution is 5.95. The number of nitrogens with one attached hydrogen (secondary N) is 1. The van der Waals surface area contributed by atoms with Gasteiger partial charge in [-0.2, -0.15) is 0 Å². The third kappa shape index (κ3) is 1.35. The molecule has 0 unspecified atom stereocenters. The minimum Gasteiger partial charge on any atom is -0.504 e. The summed E-state index contributed by atoms with van der Waals surface area (Å²) in [5, 5.41) is 17.1. The van der Waals surface area contributed by atoms with Crippen molar-refractivity contribution in [1.82, 2.24) is 5.48 Å². The van der Waals surface area contributed by atoms with Crippen molar-refractivity contribution in [2.45, 2.75) is 0 Å². The summed E-state index contributed by atoms with van der Waals surface area (Å²) in [4.78, 5) is 10.7. The van der Waals surface area contributed by atoms with Gasteiger partial charge < -0.3 is 5.11 Å². The topological polar surface area (TPSA) is 69.6 Å². The zero-order valence-electron chi connectivity index (χ0n) is 5.91. The maximum absolute atomic E-state index is 12.6. The highest BCUT2D eigenvalue weighted by atomic mass is 19.1. The number of para-hydroxylation sites is 1. The van der Waals surface area contributed by atoms with E-state index in [2.05, 4.69) is 0 Å². The van der Waals surface area contributed by atoms with Gasteiger partial charge in [0.05, 0.1) is 5.56 Å². The SMILES string of the molecule is O=C(NO)c1cccc(F)c1O. The van der Waals surface area contributed by atoms with Gasteiger partial charge in [0, 0.05) is 0 Å². The van der Waals surface area contributed by atoms with Crippen molar-refractivity contribution in [2.24, 2.45) is 0 Å². The number of benzene rings is 1. The van der Waals surface area contributed by atoms with Gasteiger partial charge in [0.2, 0.25) is 0 Å². The predicted molar refractivity (Wildman–Crippen MR) is 37.3 cm³/mol. The Morgan fingerprint density at radius 1 is 1.50 bits per heavy atom.